The number of amides is 1. The van der Waals surface area contributed by atoms with Crippen LogP contribution in [0.15, 0.2) is 37.2 Å². The number of rotatable bonds is 6. The monoisotopic (exact) mass is 292 g/mol. The molecule has 0 bridgehead atoms. The summed E-state index contributed by atoms with van der Waals surface area (Å²) in [7, 11) is 0. The molecule has 2 N–H and O–H groups in total. The molecule has 7 nitrogen and oxygen atoms in total. The van der Waals surface area contributed by atoms with Gasteiger partial charge in [-0.3, -0.25) is 4.79 Å². The molecule has 0 fully saturated rings. The second kappa shape index (κ2) is 6.78. The van der Waals surface area contributed by atoms with E-state index in [2.05, 4.69) is 32.7 Å². The molecule has 0 aliphatic heterocycles. The average Bonchev–Trinajstić information content (AvgIpc) is 2.95. The van der Waals surface area contributed by atoms with Gasteiger partial charge < -0.3 is 10.6 Å². The van der Waals surface area contributed by atoms with Crippen molar-refractivity contribution in [2.24, 2.45) is 0 Å². The molecule has 2 rings (SSSR count). The molecule has 0 saturated carbocycles. The molecule has 1 aromatic carbocycles. The number of anilines is 1. The highest BCUT2D eigenvalue weighted by molar-refractivity contribution is 6.33. The lowest BCUT2D eigenvalue weighted by molar-refractivity contribution is -0.115. The van der Waals surface area contributed by atoms with Crippen LogP contribution in [-0.2, 0) is 4.79 Å². The highest BCUT2D eigenvalue weighted by Crippen LogP contribution is 2.24. The summed E-state index contributed by atoms with van der Waals surface area (Å²) in [4.78, 5) is 11.7. The zero-order valence-electron chi connectivity index (χ0n) is 10.6. The van der Waals surface area contributed by atoms with Crippen LogP contribution in [0.1, 0.15) is 0 Å². The quantitative estimate of drug-likeness (QED) is 0.613. The molecular formula is C12H13ClN6O. The summed E-state index contributed by atoms with van der Waals surface area (Å²) in [5.74, 6) is -0.192. The van der Waals surface area contributed by atoms with E-state index in [1.165, 1.54) is 11.0 Å². The summed E-state index contributed by atoms with van der Waals surface area (Å²) in [6, 6.07) is 5.12. The Hall–Kier alpha value is -2.25. The number of nitrogens with zero attached hydrogens (tertiary/aromatic N) is 4. The molecule has 0 aliphatic carbocycles. The van der Waals surface area contributed by atoms with Crippen LogP contribution in [0.25, 0.3) is 5.69 Å². The number of hydrogen-bond donors (Lipinski definition) is 2. The highest BCUT2D eigenvalue weighted by Gasteiger charge is 2.08. The molecule has 1 amide bonds. The number of carbonyl (C=O) groups is 1. The fraction of sp³-hybridized carbons (Fsp3) is 0.167. The van der Waals surface area contributed by atoms with E-state index < -0.39 is 0 Å². The van der Waals surface area contributed by atoms with Crippen LogP contribution >= 0.6 is 11.6 Å². The van der Waals surface area contributed by atoms with Crippen LogP contribution in [0.3, 0.4) is 0 Å². The van der Waals surface area contributed by atoms with Crippen molar-refractivity contribution < 1.29 is 4.79 Å². The summed E-state index contributed by atoms with van der Waals surface area (Å²) >= 11 is 6.05. The first-order chi connectivity index (χ1) is 9.70. The van der Waals surface area contributed by atoms with E-state index in [1.54, 1.807) is 24.3 Å². The fourth-order valence-electron chi connectivity index (χ4n) is 1.51. The first kappa shape index (κ1) is 14.2. The van der Waals surface area contributed by atoms with Gasteiger partial charge in [-0.05, 0) is 28.6 Å². The van der Waals surface area contributed by atoms with Crippen molar-refractivity contribution in [2.45, 2.75) is 0 Å². The molecule has 0 spiro atoms. The maximum absolute atomic E-state index is 11.7. The fourth-order valence-corrected chi connectivity index (χ4v) is 1.68. The third-order valence-corrected chi connectivity index (χ3v) is 2.74. The van der Waals surface area contributed by atoms with Crippen molar-refractivity contribution in [3.05, 3.63) is 42.2 Å². The zero-order valence-corrected chi connectivity index (χ0v) is 11.3. The lowest BCUT2D eigenvalue weighted by Crippen LogP contribution is -2.28. The Morgan fingerprint density at radius 2 is 2.35 bits per heavy atom. The minimum atomic E-state index is -0.192. The lowest BCUT2D eigenvalue weighted by atomic mass is 10.2. The molecule has 0 saturated heterocycles. The first-order valence-electron chi connectivity index (χ1n) is 5.85. The average molecular weight is 293 g/mol. The normalized spacial score (nSPS) is 10.2. The Morgan fingerprint density at radius 3 is 3.05 bits per heavy atom. The van der Waals surface area contributed by atoms with Gasteiger partial charge in [-0.1, -0.05) is 17.7 Å². The molecular weight excluding hydrogens is 280 g/mol. The molecule has 1 aromatic heterocycles. The summed E-state index contributed by atoms with van der Waals surface area (Å²) in [5, 5.41) is 17.0. The van der Waals surface area contributed by atoms with Gasteiger partial charge >= 0.3 is 0 Å². The minimum Gasteiger partial charge on any atom is -0.324 e. The molecule has 0 unspecified atom stereocenters. The van der Waals surface area contributed by atoms with Crippen LogP contribution in [-0.4, -0.2) is 39.2 Å². The van der Waals surface area contributed by atoms with Crippen molar-refractivity contribution in [3.8, 4) is 5.69 Å². The van der Waals surface area contributed by atoms with E-state index in [1.807, 2.05) is 0 Å². The maximum Gasteiger partial charge on any atom is 0.238 e. The lowest BCUT2D eigenvalue weighted by Gasteiger charge is -2.09. The van der Waals surface area contributed by atoms with E-state index in [0.717, 1.165) is 0 Å². The number of carbonyl (C=O) groups excluding carboxylic acids is 1. The van der Waals surface area contributed by atoms with Crippen molar-refractivity contribution in [1.82, 2.24) is 25.5 Å². The van der Waals surface area contributed by atoms with E-state index in [-0.39, 0.29) is 12.5 Å². The summed E-state index contributed by atoms with van der Waals surface area (Å²) < 4.78 is 1.47. The molecule has 2 aromatic rings. The smallest absolute Gasteiger partial charge is 0.238 e. The maximum atomic E-state index is 11.7. The van der Waals surface area contributed by atoms with Gasteiger partial charge in [0, 0.05) is 6.54 Å². The van der Waals surface area contributed by atoms with Crippen LogP contribution in [0, 0.1) is 0 Å². The molecule has 20 heavy (non-hydrogen) atoms. The Balaban J connectivity index is 2.09. The van der Waals surface area contributed by atoms with E-state index in [9.17, 15) is 4.79 Å². The van der Waals surface area contributed by atoms with Crippen LogP contribution < -0.4 is 10.6 Å². The summed E-state index contributed by atoms with van der Waals surface area (Å²) in [5.41, 5.74) is 1.21. The number of tetrazole rings is 1. The Kier molecular flexibility index (Phi) is 4.80. The Labute approximate surface area is 120 Å². The zero-order chi connectivity index (χ0) is 14.4. The summed E-state index contributed by atoms with van der Waals surface area (Å²) in [6.07, 6.45) is 3.14. The van der Waals surface area contributed by atoms with E-state index in [0.29, 0.717) is 22.9 Å². The van der Waals surface area contributed by atoms with E-state index in [4.69, 9.17) is 11.6 Å². The van der Waals surface area contributed by atoms with Crippen molar-refractivity contribution in [3.63, 3.8) is 0 Å². The van der Waals surface area contributed by atoms with Gasteiger partial charge in [0.05, 0.1) is 22.9 Å². The van der Waals surface area contributed by atoms with Crippen molar-refractivity contribution in [1.29, 1.82) is 0 Å². The van der Waals surface area contributed by atoms with Gasteiger partial charge in [0.2, 0.25) is 5.91 Å². The van der Waals surface area contributed by atoms with Gasteiger partial charge in [0.1, 0.15) is 6.33 Å². The molecule has 8 heteroatoms. The summed E-state index contributed by atoms with van der Waals surface area (Å²) in [6.45, 7) is 4.30. The largest absolute Gasteiger partial charge is 0.324 e. The second-order valence-electron chi connectivity index (χ2n) is 3.89. The third kappa shape index (κ3) is 3.62. The molecule has 0 radical (unpaired) electrons. The highest BCUT2D eigenvalue weighted by atomic mass is 35.5. The van der Waals surface area contributed by atoms with Gasteiger partial charge in [0.15, 0.2) is 0 Å². The van der Waals surface area contributed by atoms with Crippen molar-refractivity contribution in [2.75, 3.05) is 18.4 Å². The number of halogens is 1. The number of hydrogen-bond acceptors (Lipinski definition) is 5. The number of aromatic nitrogens is 4. The second-order valence-corrected chi connectivity index (χ2v) is 4.29. The molecule has 1 heterocycles. The standard InChI is InChI=1S/C12H13ClN6O/c1-2-5-14-7-12(20)16-11-6-9(3-4-10(11)13)19-8-15-17-18-19/h2-4,6,8,14H,1,5,7H2,(H,16,20). The Bertz CT molecular complexity index is 598. The van der Waals surface area contributed by atoms with E-state index >= 15 is 0 Å². The number of nitrogens with one attached hydrogen (secondary N) is 2. The predicted octanol–water partition coefficient (Wildman–Crippen LogP) is 1.03. The van der Waals surface area contributed by atoms with Gasteiger partial charge in [-0.25, -0.2) is 4.68 Å². The van der Waals surface area contributed by atoms with Gasteiger partial charge in [0.25, 0.3) is 0 Å². The molecule has 104 valence electrons. The van der Waals surface area contributed by atoms with Crippen LogP contribution in [0.4, 0.5) is 5.69 Å². The molecule has 0 atom stereocenters. The van der Waals surface area contributed by atoms with Crippen molar-refractivity contribution >= 4 is 23.2 Å². The molecule has 0 aliphatic rings. The van der Waals surface area contributed by atoms with Crippen LogP contribution in [0.2, 0.25) is 5.02 Å². The Morgan fingerprint density at radius 1 is 1.50 bits per heavy atom. The SMILES string of the molecule is C=CCNCC(=O)Nc1cc(-n2cnnn2)ccc1Cl. The van der Waals surface area contributed by atoms with Gasteiger partial charge in [-0.2, -0.15) is 0 Å². The number of benzene rings is 1. The topological polar surface area (TPSA) is 84.7 Å². The minimum absolute atomic E-state index is 0.178. The first-order valence-corrected chi connectivity index (χ1v) is 6.23. The third-order valence-electron chi connectivity index (χ3n) is 2.41. The predicted molar refractivity (Wildman–Crippen MR) is 75.9 cm³/mol. The van der Waals surface area contributed by atoms with Crippen LogP contribution in [0.5, 0.6) is 0 Å². The van der Waals surface area contributed by atoms with Gasteiger partial charge in [-0.15, -0.1) is 11.7 Å².